The molecule has 1 aromatic heterocycles. The number of aryl methyl sites for hydroxylation is 2. The van der Waals surface area contributed by atoms with E-state index < -0.39 is 4.92 Å². The van der Waals surface area contributed by atoms with E-state index in [1.165, 1.54) is 37.8 Å². The van der Waals surface area contributed by atoms with Crippen molar-refractivity contribution >= 4 is 23.4 Å². The third-order valence-electron chi connectivity index (χ3n) is 5.13. The summed E-state index contributed by atoms with van der Waals surface area (Å²) in [7, 11) is 0. The lowest BCUT2D eigenvalue weighted by Gasteiger charge is -2.16. The van der Waals surface area contributed by atoms with Crippen LogP contribution >= 0.6 is 11.8 Å². The van der Waals surface area contributed by atoms with Crippen molar-refractivity contribution in [2.24, 2.45) is 0 Å². The van der Waals surface area contributed by atoms with Crippen molar-refractivity contribution in [2.75, 3.05) is 12.8 Å². The number of hydrogen-bond donors (Lipinski definition) is 1. The number of benzene rings is 1. The maximum Gasteiger partial charge on any atom is 0.272 e. The molecule has 0 saturated heterocycles. The van der Waals surface area contributed by atoms with Gasteiger partial charge in [0.05, 0.1) is 4.92 Å². The molecule has 1 aromatic carbocycles. The Morgan fingerprint density at radius 1 is 1.36 bits per heavy atom. The highest BCUT2D eigenvalue weighted by Gasteiger charge is 2.23. The Kier molecular flexibility index (Phi) is 6.66. The van der Waals surface area contributed by atoms with Gasteiger partial charge >= 0.3 is 0 Å². The van der Waals surface area contributed by atoms with Crippen LogP contribution in [0.4, 0.5) is 5.69 Å². The molecule has 0 atom stereocenters. The lowest BCUT2D eigenvalue weighted by molar-refractivity contribution is -0.385. The smallest absolute Gasteiger partial charge is 0.272 e. The van der Waals surface area contributed by atoms with Gasteiger partial charge in [-0.3, -0.25) is 14.9 Å². The Morgan fingerprint density at radius 2 is 2.11 bits per heavy atom. The van der Waals surface area contributed by atoms with Gasteiger partial charge < -0.3 is 9.88 Å². The Hall–Kier alpha value is -2.42. The maximum absolute atomic E-state index is 12.3. The van der Waals surface area contributed by atoms with Crippen molar-refractivity contribution in [3.05, 3.63) is 45.3 Å². The first-order chi connectivity index (χ1) is 13.5. The van der Waals surface area contributed by atoms with Crippen molar-refractivity contribution in [2.45, 2.75) is 56.6 Å². The molecule has 1 heterocycles. The number of nitrogens with one attached hydrogen (secondary N) is 1. The third kappa shape index (κ3) is 4.52. The van der Waals surface area contributed by atoms with Crippen LogP contribution in [-0.2, 0) is 6.42 Å². The number of nitro benzene ring substituents is 1. The van der Waals surface area contributed by atoms with Gasteiger partial charge in [0.1, 0.15) is 5.82 Å². The van der Waals surface area contributed by atoms with E-state index in [-0.39, 0.29) is 11.6 Å². The first-order valence-electron chi connectivity index (χ1n) is 9.52. The van der Waals surface area contributed by atoms with Crippen LogP contribution in [0.3, 0.4) is 0 Å². The van der Waals surface area contributed by atoms with E-state index in [1.54, 1.807) is 24.8 Å². The second-order valence-corrected chi connectivity index (χ2v) is 7.80. The molecule has 0 bridgehead atoms. The zero-order valence-electron chi connectivity index (χ0n) is 16.2. The molecule has 1 aliphatic carbocycles. The quantitative estimate of drug-likeness (QED) is 0.312. The molecule has 0 spiro atoms. The number of carbonyl (C=O) groups is 1. The van der Waals surface area contributed by atoms with Crippen molar-refractivity contribution in [3.8, 4) is 0 Å². The summed E-state index contributed by atoms with van der Waals surface area (Å²) in [5.74, 6) is 0.761. The summed E-state index contributed by atoms with van der Waals surface area (Å²) in [5.41, 5.74) is 0.932. The van der Waals surface area contributed by atoms with E-state index >= 15 is 0 Å². The van der Waals surface area contributed by atoms with Crippen LogP contribution in [0.2, 0.25) is 0 Å². The highest BCUT2D eigenvalue weighted by molar-refractivity contribution is 7.98. The lowest BCUT2D eigenvalue weighted by atomic mass is 10.1. The van der Waals surface area contributed by atoms with Gasteiger partial charge in [-0.2, -0.15) is 0 Å². The summed E-state index contributed by atoms with van der Waals surface area (Å²) >= 11 is 1.62. The summed E-state index contributed by atoms with van der Waals surface area (Å²) in [6.07, 6.45) is 8.39. The number of carbonyl (C=O) groups excluding carboxylic acids is 1. The molecule has 0 unspecified atom stereocenters. The normalized spacial score (nSPS) is 14.4. The monoisotopic (exact) mass is 403 g/mol. The zero-order valence-corrected chi connectivity index (χ0v) is 17.0. The predicted octanol–water partition coefficient (Wildman–Crippen LogP) is 3.69. The van der Waals surface area contributed by atoms with Crippen LogP contribution in [0.15, 0.2) is 23.4 Å². The minimum absolute atomic E-state index is 0.0207. The molecule has 8 nitrogen and oxygen atoms in total. The van der Waals surface area contributed by atoms with Gasteiger partial charge in [-0.05, 0) is 44.6 Å². The van der Waals surface area contributed by atoms with Crippen LogP contribution < -0.4 is 5.32 Å². The maximum atomic E-state index is 12.3. The molecule has 28 heavy (non-hydrogen) atoms. The average Bonchev–Trinajstić information content (AvgIpc) is 3.33. The molecule has 1 saturated carbocycles. The lowest BCUT2D eigenvalue weighted by Crippen LogP contribution is -2.25. The summed E-state index contributed by atoms with van der Waals surface area (Å²) < 4.78 is 2.28. The molecule has 0 aliphatic heterocycles. The number of nitro groups is 1. The van der Waals surface area contributed by atoms with E-state index in [1.807, 2.05) is 6.26 Å². The number of amides is 1. The number of rotatable bonds is 8. The fraction of sp³-hybridized carbons (Fsp3) is 0.526. The number of nitrogens with zero attached hydrogens (tertiary/aromatic N) is 4. The third-order valence-corrected chi connectivity index (χ3v) is 5.77. The van der Waals surface area contributed by atoms with Crippen molar-refractivity contribution in [1.82, 2.24) is 20.1 Å². The van der Waals surface area contributed by atoms with E-state index in [4.69, 9.17) is 0 Å². The molecule has 1 aliphatic rings. The van der Waals surface area contributed by atoms with Crippen molar-refractivity contribution < 1.29 is 9.72 Å². The zero-order chi connectivity index (χ0) is 20.1. The van der Waals surface area contributed by atoms with Crippen LogP contribution in [0.5, 0.6) is 0 Å². The topological polar surface area (TPSA) is 103 Å². The van der Waals surface area contributed by atoms with E-state index in [2.05, 4.69) is 20.1 Å². The van der Waals surface area contributed by atoms with E-state index in [0.29, 0.717) is 23.7 Å². The Morgan fingerprint density at radius 3 is 2.75 bits per heavy atom. The molecular weight excluding hydrogens is 378 g/mol. The SMILES string of the molecule is CSc1nnc(CCCNC(=O)c2ccc([N+](=O)[O-])c(C)c2)n1C1CCCC1. The molecule has 1 amide bonds. The first-order valence-corrected chi connectivity index (χ1v) is 10.7. The molecule has 150 valence electrons. The number of hydrogen-bond acceptors (Lipinski definition) is 6. The average molecular weight is 404 g/mol. The van der Waals surface area contributed by atoms with Crippen molar-refractivity contribution in [1.29, 1.82) is 0 Å². The van der Waals surface area contributed by atoms with Crippen LogP contribution in [-0.4, -0.2) is 38.4 Å². The Balaban J connectivity index is 1.55. The van der Waals surface area contributed by atoms with Crippen LogP contribution in [0.1, 0.15) is 59.9 Å². The first kappa shape index (κ1) is 20.3. The van der Waals surface area contributed by atoms with Gasteiger partial charge in [-0.1, -0.05) is 24.6 Å². The van der Waals surface area contributed by atoms with Gasteiger partial charge in [0.2, 0.25) is 0 Å². The standard InChI is InChI=1S/C19H25N5O3S/c1-13-12-14(9-10-16(13)24(26)27)18(25)20-11-5-8-17-21-22-19(28-2)23(17)15-6-3-4-7-15/h9-10,12,15H,3-8,11H2,1-2H3,(H,20,25). The second kappa shape index (κ2) is 9.18. The summed E-state index contributed by atoms with van der Waals surface area (Å²) in [6.45, 7) is 2.15. The number of thioether (sulfide) groups is 1. The van der Waals surface area contributed by atoms with Gasteiger partial charge in [0, 0.05) is 36.2 Å². The Labute approximate surface area is 168 Å². The van der Waals surface area contributed by atoms with Gasteiger partial charge in [-0.25, -0.2) is 0 Å². The Bertz CT molecular complexity index is 861. The van der Waals surface area contributed by atoms with E-state index in [0.717, 1.165) is 23.8 Å². The minimum Gasteiger partial charge on any atom is -0.352 e. The molecule has 2 aromatic rings. The molecule has 9 heteroatoms. The van der Waals surface area contributed by atoms with Crippen molar-refractivity contribution in [3.63, 3.8) is 0 Å². The molecule has 1 fully saturated rings. The van der Waals surface area contributed by atoms with Gasteiger partial charge in [-0.15, -0.1) is 10.2 Å². The molecule has 3 rings (SSSR count). The second-order valence-electron chi connectivity index (χ2n) is 7.03. The molecule has 0 radical (unpaired) electrons. The minimum atomic E-state index is -0.444. The predicted molar refractivity (Wildman–Crippen MR) is 108 cm³/mol. The highest BCUT2D eigenvalue weighted by atomic mass is 32.2. The largest absolute Gasteiger partial charge is 0.352 e. The molecule has 1 N–H and O–H groups in total. The van der Waals surface area contributed by atoms with Gasteiger partial charge in [0.25, 0.3) is 11.6 Å². The highest BCUT2D eigenvalue weighted by Crippen LogP contribution is 2.33. The number of aromatic nitrogens is 3. The fourth-order valence-corrected chi connectivity index (χ4v) is 4.27. The summed E-state index contributed by atoms with van der Waals surface area (Å²) in [5, 5.41) is 23.4. The van der Waals surface area contributed by atoms with Crippen LogP contribution in [0, 0.1) is 17.0 Å². The summed E-state index contributed by atoms with van der Waals surface area (Å²) in [6, 6.07) is 4.90. The van der Waals surface area contributed by atoms with Gasteiger partial charge in [0.15, 0.2) is 5.16 Å². The fourth-order valence-electron chi connectivity index (χ4n) is 3.70. The summed E-state index contributed by atoms with van der Waals surface area (Å²) in [4.78, 5) is 22.7. The van der Waals surface area contributed by atoms with E-state index in [9.17, 15) is 14.9 Å². The van der Waals surface area contributed by atoms with Crippen LogP contribution in [0.25, 0.3) is 0 Å². The molecular formula is C19H25N5O3S.